The number of hydrogen-bond acceptors (Lipinski definition) is 3. The molecule has 3 rings (SSSR count). The highest BCUT2D eigenvalue weighted by atomic mass is 16.3. The van der Waals surface area contributed by atoms with Crippen molar-refractivity contribution in [2.24, 2.45) is 0 Å². The second-order valence-corrected chi connectivity index (χ2v) is 4.22. The normalized spacial score (nSPS) is 10.7. The Morgan fingerprint density at radius 1 is 1.11 bits per heavy atom. The summed E-state index contributed by atoms with van der Waals surface area (Å²) in [6.07, 6.45) is 3.19. The maximum atomic E-state index is 12.2. The summed E-state index contributed by atoms with van der Waals surface area (Å²) in [5.74, 6) is 0.244. The van der Waals surface area contributed by atoms with Crippen LogP contribution in [0.4, 0.5) is 0 Å². The average molecular weight is 237 g/mol. The van der Waals surface area contributed by atoms with Crippen molar-refractivity contribution in [1.82, 2.24) is 4.98 Å². The third-order valence-electron chi connectivity index (χ3n) is 2.84. The SMILES string of the molecule is Cc1ccc2oc(C(=O)c3ccncc3)cc2c1. The Morgan fingerprint density at radius 2 is 1.89 bits per heavy atom. The third-order valence-corrected chi connectivity index (χ3v) is 2.84. The average Bonchev–Trinajstić information content (AvgIpc) is 2.81. The minimum atomic E-state index is -0.119. The number of carbonyl (C=O) groups excluding carboxylic acids is 1. The molecule has 0 aliphatic rings. The molecule has 3 aromatic rings. The minimum Gasteiger partial charge on any atom is -0.453 e. The van der Waals surface area contributed by atoms with E-state index in [4.69, 9.17) is 4.42 Å². The summed E-state index contributed by atoms with van der Waals surface area (Å²) in [4.78, 5) is 16.1. The fourth-order valence-corrected chi connectivity index (χ4v) is 1.92. The van der Waals surface area contributed by atoms with E-state index >= 15 is 0 Å². The van der Waals surface area contributed by atoms with E-state index < -0.39 is 0 Å². The van der Waals surface area contributed by atoms with Gasteiger partial charge in [-0.05, 0) is 37.3 Å². The van der Waals surface area contributed by atoms with Gasteiger partial charge in [-0.1, -0.05) is 11.6 Å². The molecule has 0 saturated carbocycles. The molecule has 0 spiro atoms. The van der Waals surface area contributed by atoms with Gasteiger partial charge in [-0.3, -0.25) is 9.78 Å². The van der Waals surface area contributed by atoms with Crippen molar-refractivity contribution >= 4 is 16.8 Å². The molecule has 18 heavy (non-hydrogen) atoms. The Labute approximate surface area is 104 Å². The lowest BCUT2D eigenvalue weighted by molar-refractivity contribution is 0.101. The summed E-state index contributed by atoms with van der Waals surface area (Å²) >= 11 is 0. The van der Waals surface area contributed by atoms with Gasteiger partial charge in [-0.15, -0.1) is 0 Å². The van der Waals surface area contributed by atoms with Crippen molar-refractivity contribution in [1.29, 1.82) is 0 Å². The minimum absolute atomic E-state index is 0.119. The standard InChI is InChI=1S/C15H11NO2/c1-10-2-3-13-12(8-10)9-14(18-13)15(17)11-4-6-16-7-5-11/h2-9H,1H3. The Kier molecular flexibility index (Phi) is 2.45. The van der Waals surface area contributed by atoms with Crippen LogP contribution in [0.15, 0.2) is 53.2 Å². The van der Waals surface area contributed by atoms with E-state index in [2.05, 4.69) is 4.98 Å². The van der Waals surface area contributed by atoms with Gasteiger partial charge in [0, 0.05) is 23.3 Å². The van der Waals surface area contributed by atoms with Crippen molar-refractivity contribution in [2.45, 2.75) is 6.92 Å². The third kappa shape index (κ3) is 1.80. The number of pyridine rings is 1. The van der Waals surface area contributed by atoms with Gasteiger partial charge in [-0.25, -0.2) is 0 Å². The molecule has 0 atom stereocenters. The van der Waals surface area contributed by atoms with E-state index in [0.29, 0.717) is 11.3 Å². The Morgan fingerprint density at radius 3 is 2.67 bits per heavy atom. The Balaban J connectivity index is 2.07. The van der Waals surface area contributed by atoms with E-state index in [-0.39, 0.29) is 5.78 Å². The van der Waals surface area contributed by atoms with Crippen LogP contribution in [0.25, 0.3) is 11.0 Å². The molecular formula is C15H11NO2. The number of rotatable bonds is 2. The first-order valence-corrected chi connectivity index (χ1v) is 5.69. The zero-order chi connectivity index (χ0) is 12.5. The number of furan rings is 1. The van der Waals surface area contributed by atoms with Crippen LogP contribution in [-0.4, -0.2) is 10.8 Å². The fraction of sp³-hybridized carbons (Fsp3) is 0.0667. The van der Waals surface area contributed by atoms with Gasteiger partial charge in [0.2, 0.25) is 5.78 Å². The van der Waals surface area contributed by atoms with Gasteiger partial charge < -0.3 is 4.42 Å². The van der Waals surface area contributed by atoms with Crippen molar-refractivity contribution in [3.63, 3.8) is 0 Å². The van der Waals surface area contributed by atoms with E-state index in [1.807, 2.05) is 25.1 Å². The zero-order valence-electron chi connectivity index (χ0n) is 9.88. The summed E-state index contributed by atoms with van der Waals surface area (Å²) < 4.78 is 5.57. The molecule has 3 heteroatoms. The molecule has 0 N–H and O–H groups in total. The smallest absolute Gasteiger partial charge is 0.228 e. The van der Waals surface area contributed by atoms with Gasteiger partial charge in [-0.2, -0.15) is 0 Å². The van der Waals surface area contributed by atoms with Crippen LogP contribution in [0.5, 0.6) is 0 Å². The zero-order valence-corrected chi connectivity index (χ0v) is 9.88. The second kappa shape index (κ2) is 4.11. The number of aromatic nitrogens is 1. The first-order chi connectivity index (χ1) is 8.74. The summed E-state index contributed by atoms with van der Waals surface area (Å²) in [7, 11) is 0. The molecule has 2 aromatic heterocycles. The topological polar surface area (TPSA) is 43.1 Å². The first-order valence-electron chi connectivity index (χ1n) is 5.69. The Hall–Kier alpha value is -2.42. The van der Waals surface area contributed by atoms with Gasteiger partial charge in [0.25, 0.3) is 0 Å². The van der Waals surface area contributed by atoms with Gasteiger partial charge >= 0.3 is 0 Å². The summed E-state index contributed by atoms with van der Waals surface area (Å²) in [6, 6.07) is 11.0. The van der Waals surface area contributed by atoms with Crippen LogP contribution >= 0.6 is 0 Å². The molecule has 3 nitrogen and oxygen atoms in total. The lowest BCUT2D eigenvalue weighted by Gasteiger charge is -1.95. The quantitative estimate of drug-likeness (QED) is 0.642. The molecular weight excluding hydrogens is 226 g/mol. The van der Waals surface area contributed by atoms with E-state index in [9.17, 15) is 4.79 Å². The van der Waals surface area contributed by atoms with Gasteiger partial charge in [0.1, 0.15) is 5.58 Å². The molecule has 0 radical (unpaired) electrons. The number of hydrogen-bond donors (Lipinski definition) is 0. The van der Waals surface area contributed by atoms with E-state index in [1.54, 1.807) is 30.6 Å². The summed E-state index contributed by atoms with van der Waals surface area (Å²) in [5.41, 5.74) is 2.46. The van der Waals surface area contributed by atoms with Crippen LogP contribution in [0.3, 0.4) is 0 Å². The molecule has 0 bridgehead atoms. The molecule has 2 heterocycles. The first kappa shape index (κ1) is 10.7. The molecule has 0 aliphatic carbocycles. The van der Waals surface area contributed by atoms with E-state index in [1.165, 1.54) is 0 Å². The number of aryl methyl sites for hydroxylation is 1. The highest BCUT2D eigenvalue weighted by Gasteiger charge is 2.14. The van der Waals surface area contributed by atoms with Crippen LogP contribution < -0.4 is 0 Å². The maximum absolute atomic E-state index is 12.2. The van der Waals surface area contributed by atoms with Crippen molar-refractivity contribution in [2.75, 3.05) is 0 Å². The Bertz CT molecular complexity index is 714. The largest absolute Gasteiger partial charge is 0.453 e. The molecule has 0 fully saturated rings. The van der Waals surface area contributed by atoms with Crippen molar-refractivity contribution < 1.29 is 9.21 Å². The van der Waals surface area contributed by atoms with Crippen molar-refractivity contribution in [3.05, 3.63) is 65.7 Å². The van der Waals surface area contributed by atoms with Crippen LogP contribution in [0.1, 0.15) is 21.7 Å². The number of ketones is 1. The number of carbonyl (C=O) groups is 1. The second-order valence-electron chi connectivity index (χ2n) is 4.22. The number of benzene rings is 1. The highest BCUT2D eigenvalue weighted by Crippen LogP contribution is 2.22. The predicted molar refractivity (Wildman–Crippen MR) is 68.6 cm³/mol. The van der Waals surface area contributed by atoms with Gasteiger partial charge in [0.15, 0.2) is 5.76 Å². The van der Waals surface area contributed by atoms with Crippen LogP contribution in [-0.2, 0) is 0 Å². The molecule has 0 aliphatic heterocycles. The number of nitrogens with zero attached hydrogens (tertiary/aromatic N) is 1. The predicted octanol–water partition coefficient (Wildman–Crippen LogP) is 3.37. The maximum Gasteiger partial charge on any atom is 0.228 e. The molecule has 0 amide bonds. The molecule has 88 valence electrons. The molecule has 0 saturated heterocycles. The highest BCUT2D eigenvalue weighted by molar-refractivity contribution is 6.08. The molecule has 1 aromatic carbocycles. The summed E-state index contributed by atoms with van der Waals surface area (Å²) in [5, 5.41) is 0.951. The molecule has 0 unspecified atom stereocenters. The van der Waals surface area contributed by atoms with E-state index in [0.717, 1.165) is 16.5 Å². The monoisotopic (exact) mass is 237 g/mol. The lowest BCUT2D eigenvalue weighted by Crippen LogP contribution is -1.98. The van der Waals surface area contributed by atoms with Crippen LogP contribution in [0.2, 0.25) is 0 Å². The lowest BCUT2D eigenvalue weighted by atomic mass is 10.1. The van der Waals surface area contributed by atoms with Crippen LogP contribution in [0, 0.1) is 6.92 Å². The summed E-state index contributed by atoms with van der Waals surface area (Å²) in [6.45, 7) is 2.01. The van der Waals surface area contributed by atoms with Gasteiger partial charge in [0.05, 0.1) is 0 Å². The van der Waals surface area contributed by atoms with Crippen molar-refractivity contribution in [3.8, 4) is 0 Å². The fourth-order valence-electron chi connectivity index (χ4n) is 1.92. The number of fused-ring (bicyclic) bond motifs is 1.